The summed E-state index contributed by atoms with van der Waals surface area (Å²) in [5.74, 6) is -1.98. The fraction of sp³-hybridized carbons (Fsp3) is 0.111. The molecule has 0 radical (unpaired) electrons. The Morgan fingerprint density at radius 3 is 2.56 bits per heavy atom. The van der Waals surface area contributed by atoms with Crippen LogP contribution in [-0.2, 0) is 4.79 Å². The van der Waals surface area contributed by atoms with Crippen molar-refractivity contribution >= 4 is 29.2 Å². The van der Waals surface area contributed by atoms with Crippen molar-refractivity contribution in [1.29, 1.82) is 0 Å². The summed E-state index contributed by atoms with van der Waals surface area (Å²) in [7, 11) is 0. The second kappa shape index (κ2) is 6.94. The maximum Gasteiger partial charge on any atom is 0.319 e. The van der Waals surface area contributed by atoms with Crippen LogP contribution in [-0.4, -0.2) is 11.9 Å². The number of hydrogen-bond acceptors (Lipinski definition) is 2. The second-order valence-electron chi connectivity index (χ2n) is 5.57. The number of hydrogen-bond donors (Lipinski definition) is 3. The van der Waals surface area contributed by atoms with Crippen LogP contribution in [0.1, 0.15) is 11.6 Å². The van der Waals surface area contributed by atoms with Gasteiger partial charge in [-0.1, -0.05) is 42.4 Å². The Kier molecular flexibility index (Phi) is 4.72. The monoisotopic (exact) mass is 359 g/mol. The summed E-state index contributed by atoms with van der Waals surface area (Å²) in [5.41, 5.74) is 0.797. The first-order valence-electron chi connectivity index (χ1n) is 7.53. The van der Waals surface area contributed by atoms with Crippen molar-refractivity contribution in [3.8, 4) is 0 Å². The summed E-state index contributed by atoms with van der Waals surface area (Å²) in [6.45, 7) is 3.75. The van der Waals surface area contributed by atoms with Crippen LogP contribution >= 0.6 is 11.6 Å². The number of carbonyl (C=O) groups excluding carboxylic acids is 2. The standard InChI is InChI=1S/C18H15ClFN3O2/c1-10-14(17(24)22-11-6-3-2-4-7-11)16(23-18(25)21-10)15-12(19)8-5-9-13(15)20/h2-9,14,16H,1H2,(H,22,24)(H2,21,23,25)/t14-,16-/m0/s1. The van der Waals surface area contributed by atoms with Gasteiger partial charge in [0, 0.05) is 22.0 Å². The Morgan fingerprint density at radius 2 is 1.88 bits per heavy atom. The Labute approximate surface area is 148 Å². The molecule has 3 rings (SSSR count). The van der Waals surface area contributed by atoms with Crippen molar-refractivity contribution in [2.45, 2.75) is 6.04 Å². The SMILES string of the molecule is C=C1NC(=O)N[C@H](c2c(F)cccc2Cl)[C@H]1C(=O)Nc1ccccc1. The zero-order valence-corrected chi connectivity index (χ0v) is 13.8. The molecular weight excluding hydrogens is 345 g/mol. The van der Waals surface area contributed by atoms with Crippen molar-refractivity contribution in [1.82, 2.24) is 10.6 Å². The third-order valence-corrected chi connectivity index (χ3v) is 4.23. The molecule has 25 heavy (non-hydrogen) atoms. The molecular formula is C18H15ClFN3O2. The molecule has 0 saturated carbocycles. The normalized spacial score (nSPS) is 19.8. The van der Waals surface area contributed by atoms with E-state index in [1.54, 1.807) is 24.3 Å². The Morgan fingerprint density at radius 1 is 1.16 bits per heavy atom. The molecule has 0 spiro atoms. The predicted octanol–water partition coefficient (Wildman–Crippen LogP) is 3.60. The highest BCUT2D eigenvalue weighted by Crippen LogP contribution is 2.35. The summed E-state index contributed by atoms with van der Waals surface area (Å²) >= 11 is 6.12. The summed E-state index contributed by atoms with van der Waals surface area (Å²) < 4.78 is 14.3. The molecule has 0 unspecified atom stereocenters. The number of urea groups is 1. The van der Waals surface area contributed by atoms with Crippen LogP contribution in [0.5, 0.6) is 0 Å². The highest BCUT2D eigenvalue weighted by atomic mass is 35.5. The van der Waals surface area contributed by atoms with Crippen LogP contribution in [0.3, 0.4) is 0 Å². The number of anilines is 1. The Hall–Kier alpha value is -2.86. The lowest BCUT2D eigenvalue weighted by Crippen LogP contribution is -2.52. The number of para-hydroxylation sites is 1. The maximum absolute atomic E-state index is 14.3. The maximum atomic E-state index is 14.3. The van der Waals surface area contributed by atoms with E-state index in [-0.39, 0.29) is 16.3 Å². The molecule has 1 heterocycles. The first-order chi connectivity index (χ1) is 12.0. The number of halogens is 2. The van der Waals surface area contributed by atoms with Crippen LogP contribution < -0.4 is 16.0 Å². The van der Waals surface area contributed by atoms with Gasteiger partial charge in [0.15, 0.2) is 0 Å². The van der Waals surface area contributed by atoms with Gasteiger partial charge in [0.2, 0.25) is 5.91 Å². The van der Waals surface area contributed by atoms with Crippen molar-refractivity contribution < 1.29 is 14.0 Å². The molecule has 0 bridgehead atoms. The number of rotatable bonds is 3. The topological polar surface area (TPSA) is 70.2 Å². The van der Waals surface area contributed by atoms with E-state index in [2.05, 4.69) is 22.5 Å². The summed E-state index contributed by atoms with van der Waals surface area (Å²) in [6.07, 6.45) is 0. The van der Waals surface area contributed by atoms with Gasteiger partial charge in [-0.25, -0.2) is 9.18 Å². The average Bonchev–Trinajstić information content (AvgIpc) is 2.55. The van der Waals surface area contributed by atoms with Crippen LogP contribution in [0, 0.1) is 11.7 Å². The molecule has 3 amide bonds. The minimum atomic E-state index is -0.973. The molecule has 128 valence electrons. The fourth-order valence-corrected chi connectivity index (χ4v) is 3.06. The third kappa shape index (κ3) is 3.49. The summed E-state index contributed by atoms with van der Waals surface area (Å²) in [4.78, 5) is 24.6. The molecule has 5 nitrogen and oxygen atoms in total. The summed E-state index contributed by atoms with van der Waals surface area (Å²) in [6, 6.07) is 11.5. The third-order valence-electron chi connectivity index (χ3n) is 3.90. The van der Waals surface area contributed by atoms with E-state index in [0.717, 1.165) is 0 Å². The molecule has 3 N–H and O–H groups in total. The predicted molar refractivity (Wildman–Crippen MR) is 93.5 cm³/mol. The van der Waals surface area contributed by atoms with E-state index in [9.17, 15) is 14.0 Å². The van der Waals surface area contributed by atoms with E-state index in [1.165, 1.54) is 18.2 Å². The van der Waals surface area contributed by atoms with Gasteiger partial charge < -0.3 is 16.0 Å². The van der Waals surface area contributed by atoms with E-state index in [4.69, 9.17) is 11.6 Å². The lowest BCUT2D eigenvalue weighted by atomic mass is 9.87. The van der Waals surface area contributed by atoms with Gasteiger partial charge in [-0.15, -0.1) is 0 Å². The average molecular weight is 360 g/mol. The lowest BCUT2D eigenvalue weighted by Gasteiger charge is -2.34. The number of benzene rings is 2. The molecule has 0 aromatic heterocycles. The van der Waals surface area contributed by atoms with Crippen LogP contribution in [0.15, 0.2) is 60.8 Å². The number of nitrogens with one attached hydrogen (secondary N) is 3. The largest absolute Gasteiger partial charge is 0.330 e. The second-order valence-corrected chi connectivity index (χ2v) is 5.98. The van der Waals surface area contributed by atoms with Gasteiger partial charge in [0.25, 0.3) is 0 Å². The highest BCUT2D eigenvalue weighted by molar-refractivity contribution is 6.31. The zero-order valence-electron chi connectivity index (χ0n) is 13.1. The lowest BCUT2D eigenvalue weighted by molar-refractivity contribution is -0.119. The fourth-order valence-electron chi connectivity index (χ4n) is 2.78. The van der Waals surface area contributed by atoms with E-state index in [0.29, 0.717) is 5.69 Å². The van der Waals surface area contributed by atoms with Gasteiger partial charge in [-0.05, 0) is 24.3 Å². The van der Waals surface area contributed by atoms with Crippen LogP contribution in [0.2, 0.25) is 5.02 Å². The van der Waals surface area contributed by atoms with Gasteiger partial charge in [-0.3, -0.25) is 4.79 Å². The highest BCUT2D eigenvalue weighted by Gasteiger charge is 2.40. The molecule has 1 aliphatic rings. The smallest absolute Gasteiger partial charge is 0.319 e. The molecule has 0 aliphatic carbocycles. The van der Waals surface area contributed by atoms with Crippen molar-refractivity contribution in [2.75, 3.05) is 5.32 Å². The minimum Gasteiger partial charge on any atom is -0.330 e. The molecule has 1 fully saturated rings. The number of carbonyl (C=O) groups is 2. The Balaban J connectivity index is 1.97. The van der Waals surface area contributed by atoms with E-state index in [1.807, 2.05) is 6.07 Å². The van der Waals surface area contributed by atoms with Crippen LogP contribution in [0.25, 0.3) is 0 Å². The molecule has 1 saturated heterocycles. The first kappa shape index (κ1) is 17.0. The zero-order chi connectivity index (χ0) is 18.0. The molecule has 2 atom stereocenters. The molecule has 7 heteroatoms. The first-order valence-corrected chi connectivity index (χ1v) is 7.91. The van der Waals surface area contributed by atoms with Crippen molar-refractivity contribution in [2.24, 2.45) is 5.92 Å². The van der Waals surface area contributed by atoms with Crippen LogP contribution in [0.4, 0.5) is 14.9 Å². The van der Waals surface area contributed by atoms with E-state index < -0.39 is 29.7 Å². The van der Waals surface area contributed by atoms with Gasteiger partial charge >= 0.3 is 6.03 Å². The summed E-state index contributed by atoms with van der Waals surface area (Å²) in [5, 5.41) is 7.89. The number of amides is 3. The van der Waals surface area contributed by atoms with E-state index >= 15 is 0 Å². The minimum absolute atomic E-state index is 0.0494. The van der Waals surface area contributed by atoms with Crippen molar-refractivity contribution in [3.05, 3.63) is 77.2 Å². The van der Waals surface area contributed by atoms with Gasteiger partial charge in [-0.2, -0.15) is 0 Å². The van der Waals surface area contributed by atoms with Gasteiger partial charge in [0.05, 0.1) is 6.04 Å². The van der Waals surface area contributed by atoms with Crippen molar-refractivity contribution in [3.63, 3.8) is 0 Å². The van der Waals surface area contributed by atoms with Gasteiger partial charge in [0.1, 0.15) is 11.7 Å². The molecule has 1 aliphatic heterocycles. The molecule has 2 aromatic carbocycles. The Bertz CT molecular complexity index is 821. The quantitative estimate of drug-likeness (QED) is 0.783. The molecule has 2 aromatic rings.